The summed E-state index contributed by atoms with van der Waals surface area (Å²) in [5, 5.41) is 10.2. The zero-order valence-corrected chi connectivity index (χ0v) is 15.0. The summed E-state index contributed by atoms with van der Waals surface area (Å²) >= 11 is 0. The molecule has 1 atom stereocenters. The molecule has 1 heterocycles. The molecule has 0 aromatic heterocycles. The van der Waals surface area contributed by atoms with Crippen LogP contribution >= 0.6 is 0 Å². The molecule has 1 unspecified atom stereocenters. The zero-order chi connectivity index (χ0) is 17.4. The average Bonchev–Trinajstić information content (AvgIpc) is 2.62. The molecule has 1 aromatic rings. The van der Waals surface area contributed by atoms with Gasteiger partial charge in [0.05, 0.1) is 33.5 Å². The Morgan fingerprint density at radius 2 is 1.79 bits per heavy atom. The maximum absolute atomic E-state index is 10.2. The number of piperazine rings is 1. The third kappa shape index (κ3) is 5.63. The lowest BCUT2D eigenvalue weighted by molar-refractivity contribution is 0.00133. The Morgan fingerprint density at radius 1 is 1.08 bits per heavy atom. The summed E-state index contributed by atoms with van der Waals surface area (Å²) in [7, 11) is 3.27. The lowest BCUT2D eigenvalue weighted by Gasteiger charge is -2.34. The second kappa shape index (κ2) is 9.84. The smallest absolute Gasteiger partial charge is 0.124 e. The molecule has 0 aliphatic carbocycles. The minimum absolute atomic E-state index is 0.314. The van der Waals surface area contributed by atoms with Gasteiger partial charge >= 0.3 is 0 Å². The van der Waals surface area contributed by atoms with Gasteiger partial charge in [-0.05, 0) is 24.7 Å². The summed E-state index contributed by atoms with van der Waals surface area (Å²) in [4.78, 5) is 4.72. The van der Waals surface area contributed by atoms with Crippen LogP contribution in [0.3, 0.4) is 0 Å². The van der Waals surface area contributed by atoms with Crippen LogP contribution in [-0.2, 0) is 11.3 Å². The van der Waals surface area contributed by atoms with E-state index in [4.69, 9.17) is 14.2 Å². The fourth-order valence-electron chi connectivity index (χ4n) is 2.94. The van der Waals surface area contributed by atoms with Gasteiger partial charge in [0, 0.05) is 38.3 Å². The first kappa shape index (κ1) is 19.0. The highest BCUT2D eigenvalue weighted by Crippen LogP contribution is 2.24. The van der Waals surface area contributed by atoms with Gasteiger partial charge in [0.15, 0.2) is 0 Å². The van der Waals surface area contributed by atoms with E-state index in [2.05, 4.69) is 16.7 Å². The highest BCUT2D eigenvalue weighted by atomic mass is 16.5. The number of aliphatic hydroxyl groups excluding tert-OH is 1. The van der Waals surface area contributed by atoms with Crippen LogP contribution in [0.4, 0.5) is 0 Å². The van der Waals surface area contributed by atoms with Crippen molar-refractivity contribution in [2.75, 3.05) is 60.1 Å². The quantitative estimate of drug-likeness (QED) is 0.731. The van der Waals surface area contributed by atoms with Crippen LogP contribution in [-0.4, -0.2) is 81.1 Å². The standard InChI is InChI=1S/C18H30N2O4/c1-4-19-7-9-20(10-8-19)12-16(21)14-24-13-15-11-17(22-2)5-6-18(15)23-3/h5-6,11,16,21H,4,7-10,12-14H2,1-3H3. The van der Waals surface area contributed by atoms with E-state index in [0.717, 1.165) is 49.8 Å². The van der Waals surface area contributed by atoms with Crippen molar-refractivity contribution in [3.05, 3.63) is 23.8 Å². The van der Waals surface area contributed by atoms with Crippen LogP contribution < -0.4 is 9.47 Å². The molecule has 0 radical (unpaired) electrons. The first-order valence-corrected chi connectivity index (χ1v) is 8.57. The Morgan fingerprint density at radius 3 is 2.42 bits per heavy atom. The van der Waals surface area contributed by atoms with E-state index in [0.29, 0.717) is 19.8 Å². The van der Waals surface area contributed by atoms with Gasteiger partial charge in [0.2, 0.25) is 0 Å². The SMILES string of the molecule is CCN1CCN(CC(O)COCc2cc(OC)ccc2OC)CC1. The molecule has 1 aliphatic heterocycles. The third-order valence-corrected chi connectivity index (χ3v) is 4.44. The van der Waals surface area contributed by atoms with E-state index < -0.39 is 6.10 Å². The number of aliphatic hydroxyl groups is 1. The van der Waals surface area contributed by atoms with Crippen molar-refractivity contribution in [3.8, 4) is 11.5 Å². The fraction of sp³-hybridized carbons (Fsp3) is 0.667. The molecule has 0 amide bonds. The predicted octanol–water partition coefficient (Wildman–Crippen LogP) is 1.22. The van der Waals surface area contributed by atoms with E-state index >= 15 is 0 Å². The Balaban J connectivity index is 1.73. The number of nitrogens with zero attached hydrogens (tertiary/aromatic N) is 2. The van der Waals surface area contributed by atoms with Gasteiger partial charge < -0.3 is 24.2 Å². The van der Waals surface area contributed by atoms with Crippen molar-refractivity contribution >= 4 is 0 Å². The van der Waals surface area contributed by atoms with E-state index in [1.54, 1.807) is 14.2 Å². The number of hydrogen-bond acceptors (Lipinski definition) is 6. The van der Waals surface area contributed by atoms with Crippen molar-refractivity contribution in [2.24, 2.45) is 0 Å². The van der Waals surface area contributed by atoms with Crippen molar-refractivity contribution in [2.45, 2.75) is 19.6 Å². The lowest BCUT2D eigenvalue weighted by atomic mass is 10.2. The Labute approximate surface area is 144 Å². The number of hydrogen-bond donors (Lipinski definition) is 1. The zero-order valence-electron chi connectivity index (χ0n) is 15.0. The van der Waals surface area contributed by atoms with Crippen molar-refractivity contribution in [3.63, 3.8) is 0 Å². The Bertz CT molecular complexity index is 490. The molecule has 1 saturated heterocycles. The second-order valence-electron chi connectivity index (χ2n) is 6.08. The molecule has 136 valence electrons. The number of methoxy groups -OCH3 is 2. The summed E-state index contributed by atoms with van der Waals surface area (Å²) < 4.78 is 16.2. The molecule has 0 bridgehead atoms. The molecule has 1 aromatic carbocycles. The summed E-state index contributed by atoms with van der Waals surface area (Å²) in [6, 6.07) is 5.61. The van der Waals surface area contributed by atoms with Gasteiger partial charge in [-0.15, -0.1) is 0 Å². The van der Waals surface area contributed by atoms with E-state index in [1.807, 2.05) is 18.2 Å². The van der Waals surface area contributed by atoms with Crippen LogP contribution in [0, 0.1) is 0 Å². The van der Waals surface area contributed by atoms with Crippen LogP contribution in [0.2, 0.25) is 0 Å². The third-order valence-electron chi connectivity index (χ3n) is 4.44. The van der Waals surface area contributed by atoms with Crippen molar-refractivity contribution in [1.29, 1.82) is 0 Å². The Kier molecular flexibility index (Phi) is 7.78. The van der Waals surface area contributed by atoms with Gasteiger partial charge in [0.1, 0.15) is 11.5 Å². The minimum atomic E-state index is -0.477. The molecule has 6 heteroatoms. The highest BCUT2D eigenvalue weighted by molar-refractivity contribution is 5.39. The van der Waals surface area contributed by atoms with Crippen LogP contribution in [0.1, 0.15) is 12.5 Å². The first-order valence-electron chi connectivity index (χ1n) is 8.57. The number of likely N-dealkylation sites (N-methyl/N-ethyl adjacent to an activating group) is 1. The summed E-state index contributed by atoms with van der Waals surface area (Å²) in [5.41, 5.74) is 0.917. The molecule has 1 aliphatic rings. The van der Waals surface area contributed by atoms with Crippen LogP contribution in [0.5, 0.6) is 11.5 Å². The number of rotatable bonds is 9. The number of ether oxygens (including phenoxy) is 3. The molecular weight excluding hydrogens is 308 g/mol. The van der Waals surface area contributed by atoms with Crippen LogP contribution in [0.15, 0.2) is 18.2 Å². The van der Waals surface area contributed by atoms with Crippen LogP contribution in [0.25, 0.3) is 0 Å². The first-order chi connectivity index (χ1) is 11.7. The lowest BCUT2D eigenvalue weighted by Crippen LogP contribution is -2.48. The fourth-order valence-corrected chi connectivity index (χ4v) is 2.94. The normalized spacial score (nSPS) is 17.7. The van der Waals surface area contributed by atoms with Crippen molar-refractivity contribution in [1.82, 2.24) is 9.80 Å². The maximum Gasteiger partial charge on any atom is 0.124 e. The molecule has 24 heavy (non-hydrogen) atoms. The molecule has 1 fully saturated rings. The summed E-state index contributed by atoms with van der Waals surface area (Å²) in [5.74, 6) is 1.53. The van der Waals surface area contributed by atoms with E-state index in [-0.39, 0.29) is 0 Å². The molecule has 0 spiro atoms. The second-order valence-corrected chi connectivity index (χ2v) is 6.08. The minimum Gasteiger partial charge on any atom is -0.497 e. The Hall–Kier alpha value is -1.34. The molecule has 2 rings (SSSR count). The largest absolute Gasteiger partial charge is 0.497 e. The summed E-state index contributed by atoms with van der Waals surface area (Å²) in [6.07, 6.45) is -0.477. The molecule has 6 nitrogen and oxygen atoms in total. The topological polar surface area (TPSA) is 54.4 Å². The molecule has 1 N–H and O–H groups in total. The van der Waals surface area contributed by atoms with Gasteiger partial charge in [-0.3, -0.25) is 4.90 Å². The van der Waals surface area contributed by atoms with Gasteiger partial charge in [-0.1, -0.05) is 6.92 Å². The number of benzene rings is 1. The van der Waals surface area contributed by atoms with Crippen molar-refractivity contribution < 1.29 is 19.3 Å². The molecule has 0 saturated carbocycles. The van der Waals surface area contributed by atoms with Gasteiger partial charge in [-0.2, -0.15) is 0 Å². The summed E-state index contributed by atoms with van der Waals surface area (Å²) in [6.45, 7) is 8.81. The predicted molar refractivity (Wildman–Crippen MR) is 93.8 cm³/mol. The molecular formula is C18H30N2O4. The average molecular weight is 338 g/mol. The van der Waals surface area contributed by atoms with Gasteiger partial charge in [-0.25, -0.2) is 0 Å². The van der Waals surface area contributed by atoms with E-state index in [1.165, 1.54) is 0 Å². The maximum atomic E-state index is 10.2. The highest BCUT2D eigenvalue weighted by Gasteiger charge is 2.18. The monoisotopic (exact) mass is 338 g/mol. The van der Waals surface area contributed by atoms with E-state index in [9.17, 15) is 5.11 Å². The number of β-amino-alcohol motifs (C(OH)–C–C–N with tert-alkyl or cyclic N) is 1. The van der Waals surface area contributed by atoms with Gasteiger partial charge in [0.25, 0.3) is 0 Å².